The lowest BCUT2D eigenvalue weighted by molar-refractivity contribution is -0.140. The van der Waals surface area contributed by atoms with E-state index in [2.05, 4.69) is 4.98 Å². The standard InChI is InChI=1S/C17H17Cl2F3N2/c18-11-8-12(19)16-13(9-11)23-15(17(20,21)22)10-14(16)24-6-4-2-1-3-5-7-24/h8-10H,1-7H2. The Bertz CT molecular complexity index is 739. The summed E-state index contributed by atoms with van der Waals surface area (Å²) < 4.78 is 39.8. The number of alkyl halides is 3. The van der Waals surface area contributed by atoms with Crippen molar-refractivity contribution < 1.29 is 13.2 Å². The van der Waals surface area contributed by atoms with Gasteiger partial charge in [0.2, 0.25) is 0 Å². The lowest BCUT2D eigenvalue weighted by atomic mass is 10.1. The summed E-state index contributed by atoms with van der Waals surface area (Å²) in [6.45, 7) is 1.44. The van der Waals surface area contributed by atoms with E-state index in [0.717, 1.165) is 44.8 Å². The second-order valence-corrected chi connectivity index (χ2v) is 6.90. The van der Waals surface area contributed by atoms with Crippen molar-refractivity contribution in [2.45, 2.75) is 38.3 Å². The predicted octanol–water partition coefficient (Wildman–Crippen LogP) is 6.33. The van der Waals surface area contributed by atoms with E-state index in [-0.39, 0.29) is 10.5 Å². The van der Waals surface area contributed by atoms with Crippen molar-refractivity contribution in [2.75, 3.05) is 18.0 Å². The quantitative estimate of drug-likeness (QED) is 0.577. The van der Waals surface area contributed by atoms with Gasteiger partial charge in [-0.1, -0.05) is 42.5 Å². The summed E-state index contributed by atoms with van der Waals surface area (Å²) >= 11 is 12.3. The Labute approximate surface area is 148 Å². The highest BCUT2D eigenvalue weighted by Gasteiger charge is 2.34. The number of halogens is 5. The molecule has 0 atom stereocenters. The zero-order chi connectivity index (χ0) is 17.3. The van der Waals surface area contributed by atoms with Gasteiger partial charge >= 0.3 is 6.18 Å². The molecule has 1 aliphatic heterocycles. The first-order valence-corrected chi connectivity index (χ1v) is 8.74. The molecule has 130 valence electrons. The molecule has 2 nitrogen and oxygen atoms in total. The maximum Gasteiger partial charge on any atom is 0.433 e. The molecule has 1 aromatic carbocycles. The van der Waals surface area contributed by atoms with Gasteiger partial charge in [-0.15, -0.1) is 0 Å². The smallest absolute Gasteiger partial charge is 0.371 e. The number of hydrogen-bond acceptors (Lipinski definition) is 2. The summed E-state index contributed by atoms with van der Waals surface area (Å²) in [5.74, 6) is 0. The van der Waals surface area contributed by atoms with E-state index in [1.807, 2.05) is 4.90 Å². The van der Waals surface area contributed by atoms with Gasteiger partial charge in [0.25, 0.3) is 0 Å². The first kappa shape index (κ1) is 17.6. The average Bonchev–Trinajstić information content (AvgIpc) is 2.44. The van der Waals surface area contributed by atoms with E-state index in [1.165, 1.54) is 12.5 Å². The summed E-state index contributed by atoms with van der Waals surface area (Å²) in [6, 6.07) is 4.10. The molecule has 24 heavy (non-hydrogen) atoms. The third-order valence-electron chi connectivity index (χ3n) is 4.29. The summed E-state index contributed by atoms with van der Waals surface area (Å²) in [5.41, 5.74) is -0.235. The fourth-order valence-corrected chi connectivity index (χ4v) is 3.73. The van der Waals surface area contributed by atoms with E-state index in [9.17, 15) is 13.2 Å². The van der Waals surface area contributed by atoms with E-state index in [0.29, 0.717) is 16.1 Å². The molecule has 1 aliphatic rings. The number of benzene rings is 1. The number of anilines is 1. The Morgan fingerprint density at radius 1 is 0.917 bits per heavy atom. The van der Waals surface area contributed by atoms with E-state index in [1.54, 1.807) is 6.07 Å². The van der Waals surface area contributed by atoms with Gasteiger partial charge in [0, 0.05) is 29.2 Å². The van der Waals surface area contributed by atoms with Crippen LogP contribution in [0.1, 0.15) is 37.8 Å². The maximum absolute atomic E-state index is 13.3. The number of rotatable bonds is 1. The van der Waals surface area contributed by atoms with Crippen molar-refractivity contribution in [1.29, 1.82) is 0 Å². The van der Waals surface area contributed by atoms with Gasteiger partial charge in [-0.3, -0.25) is 0 Å². The van der Waals surface area contributed by atoms with Crippen LogP contribution in [-0.4, -0.2) is 18.1 Å². The van der Waals surface area contributed by atoms with Crippen molar-refractivity contribution in [2.24, 2.45) is 0 Å². The van der Waals surface area contributed by atoms with Gasteiger partial charge in [0.15, 0.2) is 0 Å². The molecule has 0 bridgehead atoms. The zero-order valence-corrected chi connectivity index (χ0v) is 14.5. The highest BCUT2D eigenvalue weighted by molar-refractivity contribution is 6.39. The van der Waals surface area contributed by atoms with Gasteiger partial charge in [0.05, 0.1) is 10.5 Å². The Morgan fingerprint density at radius 2 is 1.54 bits per heavy atom. The van der Waals surface area contributed by atoms with Crippen LogP contribution in [0.4, 0.5) is 18.9 Å². The first-order chi connectivity index (χ1) is 11.4. The fourth-order valence-electron chi connectivity index (χ4n) is 3.15. The molecule has 3 rings (SSSR count). The molecule has 1 fully saturated rings. The molecule has 7 heteroatoms. The van der Waals surface area contributed by atoms with Crippen LogP contribution in [0, 0.1) is 0 Å². The van der Waals surface area contributed by atoms with Crippen LogP contribution >= 0.6 is 23.2 Å². The third-order valence-corrected chi connectivity index (χ3v) is 4.81. The van der Waals surface area contributed by atoms with Crippen molar-refractivity contribution in [3.63, 3.8) is 0 Å². The highest BCUT2D eigenvalue weighted by Crippen LogP contribution is 2.39. The average molecular weight is 377 g/mol. The van der Waals surface area contributed by atoms with Gasteiger partial charge in [-0.2, -0.15) is 13.2 Å². The number of hydrogen-bond donors (Lipinski definition) is 0. The number of fused-ring (bicyclic) bond motifs is 1. The Hall–Kier alpha value is -1.20. The second-order valence-electron chi connectivity index (χ2n) is 6.06. The third kappa shape index (κ3) is 3.72. The molecule has 0 spiro atoms. The molecular formula is C17H17Cl2F3N2. The van der Waals surface area contributed by atoms with Crippen LogP contribution in [-0.2, 0) is 6.18 Å². The van der Waals surface area contributed by atoms with Gasteiger partial charge < -0.3 is 4.90 Å². The first-order valence-electron chi connectivity index (χ1n) is 7.98. The molecule has 0 amide bonds. The van der Waals surface area contributed by atoms with Crippen LogP contribution in [0.2, 0.25) is 10.0 Å². The zero-order valence-electron chi connectivity index (χ0n) is 13.0. The highest BCUT2D eigenvalue weighted by atomic mass is 35.5. The Balaban J connectivity index is 2.19. The van der Waals surface area contributed by atoms with Gasteiger partial charge in [0.1, 0.15) is 5.69 Å². The maximum atomic E-state index is 13.3. The normalized spacial score (nSPS) is 17.0. The monoisotopic (exact) mass is 376 g/mol. The summed E-state index contributed by atoms with van der Waals surface area (Å²) in [4.78, 5) is 5.74. The summed E-state index contributed by atoms with van der Waals surface area (Å²) in [5, 5.41) is 1.14. The number of pyridine rings is 1. The van der Waals surface area contributed by atoms with Crippen molar-refractivity contribution in [3.05, 3.63) is 33.9 Å². The molecule has 2 aromatic rings. The van der Waals surface area contributed by atoms with Crippen molar-refractivity contribution in [1.82, 2.24) is 4.98 Å². The lowest BCUT2D eigenvalue weighted by Gasteiger charge is -2.29. The molecule has 0 saturated carbocycles. The van der Waals surface area contributed by atoms with Crippen LogP contribution < -0.4 is 4.90 Å². The SMILES string of the molecule is FC(F)(F)c1cc(N2CCCCCCC2)c2c(Cl)cc(Cl)cc2n1. The van der Waals surface area contributed by atoms with Crippen LogP contribution in [0.5, 0.6) is 0 Å². The molecule has 1 saturated heterocycles. The molecule has 0 N–H and O–H groups in total. The topological polar surface area (TPSA) is 16.1 Å². The van der Waals surface area contributed by atoms with Crippen molar-refractivity contribution in [3.8, 4) is 0 Å². The van der Waals surface area contributed by atoms with Gasteiger partial charge in [-0.25, -0.2) is 4.98 Å². The molecule has 1 aromatic heterocycles. The van der Waals surface area contributed by atoms with E-state index >= 15 is 0 Å². The largest absolute Gasteiger partial charge is 0.433 e. The predicted molar refractivity (Wildman–Crippen MR) is 92.1 cm³/mol. The van der Waals surface area contributed by atoms with Crippen LogP contribution in [0.3, 0.4) is 0 Å². The fraction of sp³-hybridized carbons (Fsp3) is 0.471. The van der Waals surface area contributed by atoms with Crippen molar-refractivity contribution >= 4 is 39.8 Å². The second kappa shape index (κ2) is 6.96. The molecule has 0 unspecified atom stereocenters. The molecule has 2 heterocycles. The molecule has 0 radical (unpaired) electrons. The summed E-state index contributed by atoms with van der Waals surface area (Å²) in [7, 11) is 0. The summed E-state index contributed by atoms with van der Waals surface area (Å²) in [6.07, 6.45) is 0.749. The van der Waals surface area contributed by atoms with E-state index < -0.39 is 11.9 Å². The Kier molecular flexibility index (Phi) is 5.11. The number of aromatic nitrogens is 1. The minimum atomic E-state index is -4.51. The minimum Gasteiger partial charge on any atom is -0.371 e. The minimum absolute atomic E-state index is 0.180. The number of nitrogens with zero attached hydrogens (tertiary/aromatic N) is 2. The van der Waals surface area contributed by atoms with E-state index in [4.69, 9.17) is 23.2 Å². The lowest BCUT2D eigenvalue weighted by Crippen LogP contribution is -2.28. The van der Waals surface area contributed by atoms with Gasteiger partial charge in [-0.05, 0) is 31.0 Å². The Morgan fingerprint density at radius 3 is 2.17 bits per heavy atom. The van der Waals surface area contributed by atoms with Crippen LogP contribution in [0.15, 0.2) is 18.2 Å². The molecular weight excluding hydrogens is 360 g/mol. The van der Waals surface area contributed by atoms with Crippen LogP contribution in [0.25, 0.3) is 10.9 Å². The molecule has 0 aliphatic carbocycles.